The maximum absolute atomic E-state index is 12.3. The maximum Gasteiger partial charge on any atom is 0.279 e. The molecular formula is C15H15N5O2S. The van der Waals surface area contributed by atoms with E-state index in [-0.39, 0.29) is 16.7 Å². The third-order valence-corrected chi connectivity index (χ3v) is 3.64. The summed E-state index contributed by atoms with van der Waals surface area (Å²) in [4.78, 5) is 23.6. The first-order valence-corrected chi connectivity index (χ1v) is 8.36. The molecule has 0 spiro atoms. The average molecular weight is 329 g/mol. The van der Waals surface area contributed by atoms with Gasteiger partial charge in [-0.25, -0.2) is 9.97 Å². The molecule has 0 amide bonds. The molecule has 0 aliphatic carbocycles. The van der Waals surface area contributed by atoms with Crippen LogP contribution in [0.5, 0.6) is 5.75 Å². The maximum atomic E-state index is 12.3. The van der Waals surface area contributed by atoms with Gasteiger partial charge in [-0.2, -0.15) is 0 Å². The van der Waals surface area contributed by atoms with Crippen molar-refractivity contribution >= 4 is 22.9 Å². The predicted octanol–water partition coefficient (Wildman–Crippen LogP) is 2.29. The highest BCUT2D eigenvalue weighted by Crippen LogP contribution is 2.27. The number of fused-ring (bicyclic) bond motifs is 1. The van der Waals surface area contributed by atoms with Crippen LogP contribution in [0.3, 0.4) is 0 Å². The molecule has 1 N–H and O–H groups in total. The summed E-state index contributed by atoms with van der Waals surface area (Å²) in [5.74, 6) is 1.06. The SMILES string of the molecule is CCCOc1ccccc1-c1nc2nnc(SC)nc2c(=O)[nH]1. The zero-order chi connectivity index (χ0) is 16.2. The molecule has 2 heterocycles. The van der Waals surface area contributed by atoms with Crippen LogP contribution in [0.1, 0.15) is 13.3 Å². The average Bonchev–Trinajstić information content (AvgIpc) is 2.60. The normalized spacial score (nSPS) is 10.9. The molecule has 118 valence electrons. The molecule has 3 aromatic rings. The summed E-state index contributed by atoms with van der Waals surface area (Å²) < 4.78 is 5.71. The van der Waals surface area contributed by atoms with Crippen molar-refractivity contribution in [2.24, 2.45) is 0 Å². The number of para-hydroxylation sites is 1. The zero-order valence-electron chi connectivity index (χ0n) is 12.7. The first-order chi connectivity index (χ1) is 11.2. The van der Waals surface area contributed by atoms with Gasteiger partial charge < -0.3 is 9.72 Å². The summed E-state index contributed by atoms with van der Waals surface area (Å²) in [6.45, 7) is 2.62. The molecule has 0 saturated carbocycles. The lowest BCUT2D eigenvalue weighted by Gasteiger charge is -2.10. The van der Waals surface area contributed by atoms with Gasteiger partial charge in [-0.15, -0.1) is 10.2 Å². The van der Waals surface area contributed by atoms with Crippen LogP contribution >= 0.6 is 11.8 Å². The van der Waals surface area contributed by atoms with Crippen LogP contribution in [0.2, 0.25) is 0 Å². The standard InChI is InChI=1S/C15H15N5O2S/c1-3-8-22-10-7-5-4-6-9(10)12-17-13-11(14(21)18-12)16-15(23-2)20-19-13/h4-7H,3,8H2,1-2H3,(H,17,18,19,21). The lowest BCUT2D eigenvalue weighted by atomic mass is 10.2. The van der Waals surface area contributed by atoms with Crippen molar-refractivity contribution < 1.29 is 4.74 Å². The fourth-order valence-electron chi connectivity index (χ4n) is 2.05. The Labute approximate surface area is 136 Å². The number of ether oxygens (including phenoxy) is 1. The number of hydrogen-bond acceptors (Lipinski definition) is 7. The molecule has 0 saturated heterocycles. The van der Waals surface area contributed by atoms with Crippen LogP contribution in [0.4, 0.5) is 0 Å². The molecule has 0 radical (unpaired) electrons. The van der Waals surface area contributed by atoms with Crippen molar-refractivity contribution in [3.05, 3.63) is 34.6 Å². The zero-order valence-corrected chi connectivity index (χ0v) is 13.6. The van der Waals surface area contributed by atoms with E-state index in [4.69, 9.17) is 4.74 Å². The fourth-order valence-corrected chi connectivity index (χ4v) is 2.35. The lowest BCUT2D eigenvalue weighted by molar-refractivity contribution is 0.318. The predicted molar refractivity (Wildman–Crippen MR) is 88.8 cm³/mol. The number of hydrogen-bond donors (Lipinski definition) is 1. The second kappa shape index (κ2) is 6.74. The van der Waals surface area contributed by atoms with E-state index in [0.717, 1.165) is 6.42 Å². The molecule has 0 aliphatic heterocycles. The molecule has 0 aliphatic rings. The molecule has 1 aromatic carbocycles. The summed E-state index contributed by atoms with van der Waals surface area (Å²) in [7, 11) is 0. The number of H-pyrrole nitrogens is 1. The molecule has 2 aromatic heterocycles. The van der Waals surface area contributed by atoms with Crippen molar-refractivity contribution in [2.45, 2.75) is 18.5 Å². The number of aromatic nitrogens is 5. The van der Waals surface area contributed by atoms with E-state index < -0.39 is 0 Å². The summed E-state index contributed by atoms with van der Waals surface area (Å²) >= 11 is 1.32. The number of benzene rings is 1. The Kier molecular flexibility index (Phi) is 4.52. The van der Waals surface area contributed by atoms with Crippen molar-refractivity contribution in [1.29, 1.82) is 0 Å². The Hall–Kier alpha value is -2.48. The van der Waals surface area contributed by atoms with Gasteiger partial charge in [0.15, 0.2) is 5.52 Å². The summed E-state index contributed by atoms with van der Waals surface area (Å²) in [5.41, 5.74) is 0.753. The molecule has 7 nitrogen and oxygen atoms in total. The van der Waals surface area contributed by atoms with Gasteiger partial charge in [-0.05, 0) is 24.8 Å². The lowest BCUT2D eigenvalue weighted by Crippen LogP contribution is -2.13. The molecule has 0 atom stereocenters. The topological polar surface area (TPSA) is 93.7 Å². The summed E-state index contributed by atoms with van der Waals surface area (Å²) in [6, 6.07) is 7.42. The minimum Gasteiger partial charge on any atom is -0.493 e. The van der Waals surface area contributed by atoms with Crippen LogP contribution < -0.4 is 10.3 Å². The Morgan fingerprint density at radius 1 is 1.22 bits per heavy atom. The molecule has 8 heteroatoms. The first-order valence-electron chi connectivity index (χ1n) is 7.14. The Bertz CT molecular complexity index is 896. The van der Waals surface area contributed by atoms with Gasteiger partial charge in [0.05, 0.1) is 12.2 Å². The van der Waals surface area contributed by atoms with Crippen LogP contribution in [0.15, 0.2) is 34.2 Å². The van der Waals surface area contributed by atoms with Crippen LogP contribution in [0, 0.1) is 0 Å². The third-order valence-electron chi connectivity index (χ3n) is 3.10. The van der Waals surface area contributed by atoms with E-state index in [2.05, 4.69) is 25.1 Å². The van der Waals surface area contributed by atoms with E-state index >= 15 is 0 Å². The highest BCUT2D eigenvalue weighted by atomic mass is 32.2. The number of rotatable bonds is 5. The third kappa shape index (κ3) is 3.16. The largest absolute Gasteiger partial charge is 0.493 e. The van der Waals surface area contributed by atoms with E-state index in [0.29, 0.717) is 28.9 Å². The van der Waals surface area contributed by atoms with Gasteiger partial charge in [-0.1, -0.05) is 30.8 Å². The van der Waals surface area contributed by atoms with Crippen molar-refractivity contribution in [2.75, 3.05) is 12.9 Å². The number of nitrogens with zero attached hydrogens (tertiary/aromatic N) is 4. The van der Waals surface area contributed by atoms with E-state index in [1.165, 1.54) is 11.8 Å². The minimum atomic E-state index is -0.347. The van der Waals surface area contributed by atoms with Gasteiger partial charge in [0.2, 0.25) is 10.8 Å². The highest BCUT2D eigenvalue weighted by molar-refractivity contribution is 7.98. The first kappa shape index (κ1) is 15.4. The number of thioether (sulfide) groups is 1. The van der Waals surface area contributed by atoms with Gasteiger partial charge in [0.1, 0.15) is 11.6 Å². The molecule has 0 fully saturated rings. The molecule has 3 rings (SSSR count). The van der Waals surface area contributed by atoms with E-state index in [9.17, 15) is 4.79 Å². The van der Waals surface area contributed by atoms with Gasteiger partial charge in [0, 0.05) is 0 Å². The van der Waals surface area contributed by atoms with Gasteiger partial charge in [-0.3, -0.25) is 4.79 Å². The minimum absolute atomic E-state index is 0.181. The summed E-state index contributed by atoms with van der Waals surface area (Å²) in [5, 5.41) is 8.35. The van der Waals surface area contributed by atoms with Gasteiger partial charge in [0.25, 0.3) is 5.56 Å². The van der Waals surface area contributed by atoms with Crippen molar-refractivity contribution in [3.63, 3.8) is 0 Å². The highest BCUT2D eigenvalue weighted by Gasteiger charge is 2.13. The smallest absolute Gasteiger partial charge is 0.279 e. The quantitative estimate of drug-likeness (QED) is 0.718. The molecule has 0 bridgehead atoms. The Balaban J connectivity index is 2.13. The van der Waals surface area contributed by atoms with Crippen molar-refractivity contribution in [1.82, 2.24) is 25.1 Å². The number of nitrogens with one attached hydrogen (secondary N) is 1. The second-order valence-electron chi connectivity index (χ2n) is 4.73. The summed E-state index contributed by atoms with van der Waals surface area (Å²) in [6.07, 6.45) is 2.71. The van der Waals surface area contributed by atoms with E-state index in [1.807, 2.05) is 37.4 Å². The molecule has 23 heavy (non-hydrogen) atoms. The number of aromatic amines is 1. The molecular weight excluding hydrogens is 314 g/mol. The monoisotopic (exact) mass is 329 g/mol. The van der Waals surface area contributed by atoms with Crippen molar-refractivity contribution in [3.8, 4) is 17.1 Å². The second-order valence-corrected chi connectivity index (χ2v) is 5.50. The van der Waals surface area contributed by atoms with Crippen LogP contribution in [-0.2, 0) is 0 Å². The van der Waals surface area contributed by atoms with E-state index in [1.54, 1.807) is 0 Å². The fraction of sp³-hybridized carbons (Fsp3) is 0.267. The van der Waals surface area contributed by atoms with Crippen LogP contribution in [0.25, 0.3) is 22.6 Å². The Morgan fingerprint density at radius 2 is 2.04 bits per heavy atom. The Morgan fingerprint density at radius 3 is 2.83 bits per heavy atom. The van der Waals surface area contributed by atoms with Crippen LogP contribution in [-0.4, -0.2) is 38.0 Å². The van der Waals surface area contributed by atoms with Gasteiger partial charge >= 0.3 is 0 Å². The molecule has 0 unspecified atom stereocenters.